The number of aliphatic hydroxyl groups excluding tert-OH is 1. The molecule has 0 aliphatic carbocycles. The molecule has 2 aliphatic rings. The lowest BCUT2D eigenvalue weighted by Gasteiger charge is -2.52. The standard InChI is InChI=1S/C24H29F4N3O3/c1-15(2)34-18-5-4-16(12-17(18)14-32)22(33)30-9-8-23(19(25)13-30)20-6-7-21(24(26,27)28)31(20)11-10-29(23)3/h4-7,12,15,19,32H,8-11,13-14H2,1-3H3/t19-,23-/m1/s1. The molecule has 0 saturated carbocycles. The number of aliphatic hydroxyl groups is 1. The molecule has 1 spiro atoms. The molecule has 3 heterocycles. The highest BCUT2D eigenvalue weighted by Crippen LogP contribution is 2.45. The lowest BCUT2D eigenvalue weighted by Crippen LogP contribution is -2.63. The summed E-state index contributed by atoms with van der Waals surface area (Å²) in [4.78, 5) is 16.3. The monoisotopic (exact) mass is 483 g/mol. The Hall–Kier alpha value is -2.59. The third kappa shape index (κ3) is 4.07. The molecule has 4 rings (SSSR count). The summed E-state index contributed by atoms with van der Waals surface area (Å²) < 4.78 is 63.1. The number of fused-ring (bicyclic) bond motifs is 2. The third-order valence-electron chi connectivity index (χ3n) is 6.84. The van der Waals surface area contributed by atoms with Crippen LogP contribution in [0.2, 0.25) is 0 Å². The van der Waals surface area contributed by atoms with Crippen molar-refractivity contribution in [1.29, 1.82) is 0 Å². The van der Waals surface area contributed by atoms with Crippen molar-refractivity contribution in [2.24, 2.45) is 0 Å². The number of carbonyl (C=O) groups excluding carboxylic acids is 1. The number of likely N-dealkylation sites (N-methyl/N-ethyl adjacent to an activating group) is 1. The van der Waals surface area contributed by atoms with E-state index < -0.39 is 29.5 Å². The summed E-state index contributed by atoms with van der Waals surface area (Å²) in [5.41, 5.74) is -0.965. The highest BCUT2D eigenvalue weighted by atomic mass is 19.4. The first-order chi connectivity index (χ1) is 16.0. The highest BCUT2D eigenvalue weighted by molar-refractivity contribution is 5.94. The van der Waals surface area contributed by atoms with Gasteiger partial charge in [-0.15, -0.1) is 0 Å². The minimum absolute atomic E-state index is 0.110. The minimum Gasteiger partial charge on any atom is -0.491 e. The van der Waals surface area contributed by atoms with Gasteiger partial charge in [0.2, 0.25) is 0 Å². The summed E-state index contributed by atoms with van der Waals surface area (Å²) in [5, 5.41) is 9.68. The number of rotatable bonds is 4. The molecule has 1 aromatic carbocycles. The van der Waals surface area contributed by atoms with Crippen LogP contribution in [0.4, 0.5) is 17.6 Å². The van der Waals surface area contributed by atoms with Gasteiger partial charge in [-0.1, -0.05) is 0 Å². The van der Waals surface area contributed by atoms with Crippen LogP contribution in [-0.4, -0.2) is 64.3 Å². The Morgan fingerprint density at radius 3 is 2.56 bits per heavy atom. The highest BCUT2D eigenvalue weighted by Gasteiger charge is 2.53. The maximum Gasteiger partial charge on any atom is 0.431 e. The number of ether oxygens (including phenoxy) is 1. The van der Waals surface area contributed by atoms with E-state index in [0.717, 1.165) is 6.07 Å². The predicted molar refractivity (Wildman–Crippen MR) is 117 cm³/mol. The van der Waals surface area contributed by atoms with Gasteiger partial charge >= 0.3 is 6.18 Å². The van der Waals surface area contributed by atoms with E-state index in [0.29, 0.717) is 22.6 Å². The van der Waals surface area contributed by atoms with Crippen molar-refractivity contribution in [1.82, 2.24) is 14.4 Å². The smallest absolute Gasteiger partial charge is 0.431 e. The first-order valence-electron chi connectivity index (χ1n) is 11.3. The lowest BCUT2D eigenvalue weighted by molar-refractivity contribution is -0.145. The van der Waals surface area contributed by atoms with Crippen molar-refractivity contribution >= 4 is 5.91 Å². The van der Waals surface area contributed by atoms with Crippen molar-refractivity contribution in [3.8, 4) is 5.75 Å². The Balaban J connectivity index is 1.59. The summed E-state index contributed by atoms with van der Waals surface area (Å²) in [6.45, 7) is 3.73. The zero-order valence-electron chi connectivity index (χ0n) is 19.4. The Morgan fingerprint density at radius 1 is 1.21 bits per heavy atom. The second kappa shape index (κ2) is 8.88. The van der Waals surface area contributed by atoms with E-state index >= 15 is 4.39 Å². The topological polar surface area (TPSA) is 57.9 Å². The fraction of sp³-hybridized carbons (Fsp3) is 0.542. The summed E-state index contributed by atoms with van der Waals surface area (Å²) in [6, 6.07) is 7.09. The van der Waals surface area contributed by atoms with Gasteiger partial charge in [0.1, 0.15) is 17.6 Å². The van der Waals surface area contributed by atoms with E-state index in [1.54, 1.807) is 24.1 Å². The van der Waals surface area contributed by atoms with Crippen molar-refractivity contribution in [3.05, 3.63) is 52.8 Å². The van der Waals surface area contributed by atoms with Crippen LogP contribution in [-0.2, 0) is 24.9 Å². The van der Waals surface area contributed by atoms with Gasteiger partial charge in [-0.25, -0.2) is 4.39 Å². The molecular weight excluding hydrogens is 454 g/mol. The maximum absolute atomic E-state index is 15.8. The average molecular weight is 484 g/mol. The molecule has 186 valence electrons. The number of likely N-dealkylation sites (tertiary alicyclic amines) is 1. The number of amides is 1. The van der Waals surface area contributed by atoms with Crippen molar-refractivity contribution in [2.45, 2.75) is 57.4 Å². The van der Waals surface area contributed by atoms with E-state index in [-0.39, 0.29) is 45.3 Å². The summed E-state index contributed by atoms with van der Waals surface area (Å²) in [6.07, 6.45) is -6.04. The van der Waals surface area contributed by atoms with Gasteiger partial charge in [0.15, 0.2) is 0 Å². The van der Waals surface area contributed by atoms with Gasteiger partial charge in [0.25, 0.3) is 5.91 Å². The largest absolute Gasteiger partial charge is 0.491 e. The molecule has 34 heavy (non-hydrogen) atoms. The number of alkyl halides is 4. The van der Waals surface area contributed by atoms with E-state index in [4.69, 9.17) is 4.74 Å². The quantitative estimate of drug-likeness (QED) is 0.672. The van der Waals surface area contributed by atoms with Gasteiger partial charge in [-0.05, 0) is 57.6 Å². The minimum atomic E-state index is -4.52. The van der Waals surface area contributed by atoms with Crippen LogP contribution in [0.5, 0.6) is 5.75 Å². The molecule has 1 saturated heterocycles. The number of carbonyl (C=O) groups is 1. The summed E-state index contributed by atoms with van der Waals surface area (Å²) in [5.74, 6) is 0.0770. The van der Waals surface area contributed by atoms with Crippen LogP contribution in [0.25, 0.3) is 0 Å². The first-order valence-corrected chi connectivity index (χ1v) is 11.3. The van der Waals surface area contributed by atoms with Crippen LogP contribution in [0.15, 0.2) is 30.3 Å². The summed E-state index contributed by atoms with van der Waals surface area (Å²) in [7, 11) is 1.72. The number of piperidine rings is 1. The molecule has 1 fully saturated rings. The number of hydrogen-bond acceptors (Lipinski definition) is 4. The molecule has 6 nitrogen and oxygen atoms in total. The van der Waals surface area contributed by atoms with E-state index in [1.807, 2.05) is 13.8 Å². The normalized spacial score (nSPS) is 23.4. The second-order valence-corrected chi connectivity index (χ2v) is 9.21. The number of nitrogens with zero attached hydrogens (tertiary/aromatic N) is 3. The zero-order chi connectivity index (χ0) is 24.8. The fourth-order valence-corrected chi connectivity index (χ4v) is 5.17. The molecule has 2 aromatic rings. The van der Waals surface area contributed by atoms with Crippen LogP contribution in [0.3, 0.4) is 0 Å². The van der Waals surface area contributed by atoms with E-state index in [9.17, 15) is 23.1 Å². The second-order valence-electron chi connectivity index (χ2n) is 9.21. The summed E-state index contributed by atoms with van der Waals surface area (Å²) >= 11 is 0. The maximum atomic E-state index is 15.8. The number of halogens is 4. The van der Waals surface area contributed by atoms with Gasteiger partial charge in [0.05, 0.1) is 24.8 Å². The van der Waals surface area contributed by atoms with E-state index in [1.165, 1.54) is 21.6 Å². The Bertz CT molecular complexity index is 1070. The Kier molecular flexibility index (Phi) is 6.41. The molecule has 0 radical (unpaired) electrons. The Morgan fingerprint density at radius 2 is 1.94 bits per heavy atom. The van der Waals surface area contributed by atoms with Crippen molar-refractivity contribution < 1.29 is 32.2 Å². The van der Waals surface area contributed by atoms with Crippen LogP contribution >= 0.6 is 0 Å². The number of hydrogen-bond donors (Lipinski definition) is 1. The van der Waals surface area contributed by atoms with Crippen LogP contribution in [0, 0.1) is 0 Å². The molecule has 0 bridgehead atoms. The van der Waals surface area contributed by atoms with Crippen molar-refractivity contribution in [2.75, 3.05) is 26.7 Å². The molecular formula is C24H29F4N3O3. The lowest BCUT2D eigenvalue weighted by atomic mass is 9.79. The number of benzene rings is 1. The van der Waals surface area contributed by atoms with Crippen LogP contribution in [0.1, 0.15) is 47.6 Å². The fourth-order valence-electron chi connectivity index (χ4n) is 5.17. The van der Waals surface area contributed by atoms with E-state index in [2.05, 4.69) is 0 Å². The molecule has 10 heteroatoms. The zero-order valence-corrected chi connectivity index (χ0v) is 19.4. The van der Waals surface area contributed by atoms with Crippen molar-refractivity contribution in [3.63, 3.8) is 0 Å². The van der Waals surface area contributed by atoms with Crippen LogP contribution < -0.4 is 4.74 Å². The third-order valence-corrected chi connectivity index (χ3v) is 6.84. The SMILES string of the molecule is CC(C)Oc1ccc(C(=O)N2CC[C@]3(c4ccc(C(F)(F)F)n4CCN3C)[C@H](F)C2)cc1CO. The Labute approximate surface area is 195 Å². The molecule has 1 aromatic heterocycles. The first kappa shape index (κ1) is 24.5. The molecule has 1 N–H and O–H groups in total. The van der Waals surface area contributed by atoms with Gasteiger partial charge in [0, 0.05) is 36.5 Å². The molecule has 2 aliphatic heterocycles. The predicted octanol–water partition coefficient (Wildman–Crippen LogP) is 3.81. The average Bonchev–Trinajstić information content (AvgIpc) is 3.22. The van der Waals surface area contributed by atoms with Gasteiger partial charge < -0.3 is 19.3 Å². The molecule has 0 unspecified atom stereocenters. The molecule has 2 atom stereocenters. The number of aromatic nitrogens is 1. The van der Waals surface area contributed by atoms with Gasteiger partial charge in [-0.3, -0.25) is 9.69 Å². The molecule has 1 amide bonds. The van der Waals surface area contributed by atoms with Gasteiger partial charge in [-0.2, -0.15) is 13.2 Å².